The fraction of sp³-hybridized carbons (Fsp3) is 0.455. The van der Waals surface area contributed by atoms with Crippen molar-refractivity contribution in [3.05, 3.63) is 28.5 Å². The lowest BCUT2D eigenvalue weighted by Crippen LogP contribution is -2.31. The van der Waals surface area contributed by atoms with Gasteiger partial charge >= 0.3 is 0 Å². The van der Waals surface area contributed by atoms with Crippen LogP contribution < -0.4 is 11.1 Å². The van der Waals surface area contributed by atoms with Crippen LogP contribution in [0.15, 0.2) is 22.7 Å². The highest BCUT2D eigenvalue weighted by atomic mass is 79.9. The van der Waals surface area contributed by atoms with Crippen LogP contribution in [0.25, 0.3) is 0 Å². The standard InChI is InChI=1S/C11H16BrFN2/c1-11(2,6-14)7-15-10-5-8(12)3-4-9(10)13/h3-5,15H,6-7,14H2,1-2H3. The minimum absolute atomic E-state index is 0.0330. The van der Waals surface area contributed by atoms with Crippen LogP contribution in [0.3, 0.4) is 0 Å². The molecular weight excluding hydrogens is 259 g/mol. The topological polar surface area (TPSA) is 38.0 Å². The van der Waals surface area contributed by atoms with E-state index in [9.17, 15) is 4.39 Å². The number of hydrogen-bond donors (Lipinski definition) is 2. The Labute approximate surface area is 98.2 Å². The average molecular weight is 275 g/mol. The second-order valence-corrected chi connectivity index (χ2v) is 5.26. The zero-order chi connectivity index (χ0) is 11.5. The smallest absolute Gasteiger partial charge is 0.146 e. The molecule has 0 heterocycles. The lowest BCUT2D eigenvalue weighted by Gasteiger charge is -2.23. The third-order valence-corrected chi connectivity index (χ3v) is 2.73. The van der Waals surface area contributed by atoms with Crippen LogP contribution >= 0.6 is 15.9 Å². The Morgan fingerprint density at radius 1 is 1.47 bits per heavy atom. The zero-order valence-corrected chi connectivity index (χ0v) is 10.6. The van der Waals surface area contributed by atoms with Gasteiger partial charge in [-0.15, -0.1) is 0 Å². The first kappa shape index (κ1) is 12.5. The maximum atomic E-state index is 13.3. The van der Waals surface area contributed by atoms with Gasteiger partial charge in [0.25, 0.3) is 0 Å². The predicted molar refractivity (Wildman–Crippen MR) is 65.4 cm³/mol. The minimum atomic E-state index is -0.244. The van der Waals surface area contributed by atoms with Crippen molar-refractivity contribution >= 4 is 21.6 Å². The monoisotopic (exact) mass is 274 g/mol. The van der Waals surface area contributed by atoms with E-state index in [4.69, 9.17) is 5.73 Å². The highest BCUT2D eigenvalue weighted by molar-refractivity contribution is 9.10. The minimum Gasteiger partial charge on any atom is -0.382 e. The molecule has 0 aromatic heterocycles. The molecule has 1 aromatic carbocycles. The Kier molecular flexibility index (Phi) is 4.11. The van der Waals surface area contributed by atoms with Crippen LogP contribution in [0, 0.1) is 11.2 Å². The summed E-state index contributed by atoms with van der Waals surface area (Å²) in [6.07, 6.45) is 0. The number of hydrogen-bond acceptors (Lipinski definition) is 2. The molecule has 0 bridgehead atoms. The number of nitrogens with two attached hydrogens (primary N) is 1. The average Bonchev–Trinajstić information content (AvgIpc) is 2.20. The molecule has 0 saturated heterocycles. The molecule has 15 heavy (non-hydrogen) atoms. The van der Waals surface area contributed by atoms with Gasteiger partial charge in [-0.05, 0) is 30.2 Å². The van der Waals surface area contributed by atoms with Crippen LogP contribution in [0.4, 0.5) is 10.1 Å². The van der Waals surface area contributed by atoms with Crippen molar-refractivity contribution in [1.29, 1.82) is 0 Å². The zero-order valence-electron chi connectivity index (χ0n) is 8.98. The molecule has 1 aromatic rings. The SMILES string of the molecule is CC(C)(CN)CNc1cc(Br)ccc1F. The van der Waals surface area contributed by atoms with E-state index in [1.807, 2.05) is 13.8 Å². The van der Waals surface area contributed by atoms with Gasteiger partial charge in [-0.25, -0.2) is 4.39 Å². The van der Waals surface area contributed by atoms with Crippen molar-refractivity contribution in [1.82, 2.24) is 0 Å². The fourth-order valence-corrected chi connectivity index (χ4v) is 1.40. The van der Waals surface area contributed by atoms with Gasteiger partial charge in [-0.1, -0.05) is 29.8 Å². The molecule has 84 valence electrons. The lowest BCUT2D eigenvalue weighted by atomic mass is 9.94. The van der Waals surface area contributed by atoms with E-state index in [0.29, 0.717) is 18.8 Å². The van der Waals surface area contributed by atoms with E-state index in [0.717, 1.165) is 4.47 Å². The number of benzene rings is 1. The second-order valence-electron chi connectivity index (χ2n) is 4.35. The summed E-state index contributed by atoms with van der Waals surface area (Å²) in [7, 11) is 0. The Balaban J connectivity index is 2.69. The third-order valence-electron chi connectivity index (χ3n) is 2.24. The van der Waals surface area contributed by atoms with E-state index in [1.54, 1.807) is 12.1 Å². The van der Waals surface area contributed by atoms with Crippen molar-refractivity contribution < 1.29 is 4.39 Å². The quantitative estimate of drug-likeness (QED) is 0.886. The van der Waals surface area contributed by atoms with Crippen LogP contribution in [0.2, 0.25) is 0 Å². The molecule has 0 fully saturated rings. The van der Waals surface area contributed by atoms with E-state index >= 15 is 0 Å². The predicted octanol–water partition coefficient (Wildman–Crippen LogP) is 2.99. The van der Waals surface area contributed by atoms with Gasteiger partial charge in [-0.3, -0.25) is 0 Å². The van der Waals surface area contributed by atoms with E-state index in [2.05, 4.69) is 21.2 Å². The molecule has 0 aliphatic rings. The first-order chi connectivity index (χ1) is 6.94. The number of rotatable bonds is 4. The molecule has 0 aliphatic carbocycles. The molecule has 0 aliphatic heterocycles. The molecular formula is C11H16BrFN2. The Bertz CT molecular complexity index is 339. The summed E-state index contributed by atoms with van der Waals surface area (Å²) in [5.74, 6) is -0.244. The highest BCUT2D eigenvalue weighted by Gasteiger charge is 2.15. The second kappa shape index (κ2) is 4.94. The van der Waals surface area contributed by atoms with Crippen LogP contribution in [0.5, 0.6) is 0 Å². The molecule has 0 unspecified atom stereocenters. The molecule has 0 atom stereocenters. The molecule has 3 N–H and O–H groups in total. The van der Waals surface area contributed by atoms with Crippen molar-refractivity contribution in [3.63, 3.8) is 0 Å². The third kappa shape index (κ3) is 3.80. The number of nitrogens with one attached hydrogen (secondary N) is 1. The molecule has 1 rings (SSSR count). The van der Waals surface area contributed by atoms with Gasteiger partial charge in [0.2, 0.25) is 0 Å². The molecule has 0 spiro atoms. The Hall–Kier alpha value is -0.610. The summed E-state index contributed by atoms with van der Waals surface area (Å²) in [4.78, 5) is 0. The Morgan fingerprint density at radius 3 is 2.73 bits per heavy atom. The van der Waals surface area contributed by atoms with Crippen LogP contribution in [-0.2, 0) is 0 Å². The fourth-order valence-electron chi connectivity index (χ4n) is 1.04. The van der Waals surface area contributed by atoms with Gasteiger partial charge in [0.1, 0.15) is 5.82 Å². The van der Waals surface area contributed by atoms with Gasteiger partial charge in [0.15, 0.2) is 0 Å². The van der Waals surface area contributed by atoms with Gasteiger partial charge in [-0.2, -0.15) is 0 Å². The van der Waals surface area contributed by atoms with Gasteiger partial charge in [0, 0.05) is 11.0 Å². The molecule has 2 nitrogen and oxygen atoms in total. The summed E-state index contributed by atoms with van der Waals surface area (Å²) in [6.45, 7) is 5.29. The van der Waals surface area contributed by atoms with Crippen molar-refractivity contribution in [2.24, 2.45) is 11.1 Å². The lowest BCUT2D eigenvalue weighted by molar-refractivity contribution is 0.405. The van der Waals surface area contributed by atoms with E-state index in [1.165, 1.54) is 6.07 Å². The van der Waals surface area contributed by atoms with Crippen molar-refractivity contribution in [3.8, 4) is 0 Å². The highest BCUT2D eigenvalue weighted by Crippen LogP contribution is 2.22. The first-order valence-corrected chi connectivity index (χ1v) is 5.63. The van der Waals surface area contributed by atoms with Crippen molar-refractivity contribution in [2.45, 2.75) is 13.8 Å². The molecule has 0 radical (unpaired) electrons. The summed E-state index contributed by atoms with van der Waals surface area (Å²) in [5.41, 5.74) is 6.07. The summed E-state index contributed by atoms with van der Waals surface area (Å²) >= 11 is 3.30. The Morgan fingerprint density at radius 2 is 2.13 bits per heavy atom. The summed E-state index contributed by atoms with van der Waals surface area (Å²) in [5, 5.41) is 3.06. The van der Waals surface area contributed by atoms with Gasteiger partial charge in [0.05, 0.1) is 5.69 Å². The largest absolute Gasteiger partial charge is 0.382 e. The summed E-state index contributed by atoms with van der Waals surface area (Å²) < 4.78 is 14.2. The number of halogens is 2. The normalized spacial score (nSPS) is 11.5. The maximum absolute atomic E-state index is 13.3. The van der Waals surface area contributed by atoms with E-state index < -0.39 is 0 Å². The van der Waals surface area contributed by atoms with E-state index in [-0.39, 0.29) is 11.2 Å². The molecule has 4 heteroatoms. The molecule has 0 amide bonds. The summed E-state index contributed by atoms with van der Waals surface area (Å²) in [6, 6.07) is 4.83. The van der Waals surface area contributed by atoms with Crippen LogP contribution in [-0.4, -0.2) is 13.1 Å². The molecule has 0 saturated carbocycles. The van der Waals surface area contributed by atoms with Crippen LogP contribution in [0.1, 0.15) is 13.8 Å². The van der Waals surface area contributed by atoms with Gasteiger partial charge < -0.3 is 11.1 Å². The number of anilines is 1. The van der Waals surface area contributed by atoms with Crippen molar-refractivity contribution in [2.75, 3.05) is 18.4 Å². The first-order valence-electron chi connectivity index (χ1n) is 4.83. The maximum Gasteiger partial charge on any atom is 0.146 e.